The molecule has 6 heteroatoms. The Bertz CT molecular complexity index is 510. The molecule has 1 N–H and O–H groups in total. The molecule has 0 heterocycles. The molecule has 0 fully saturated rings. The molecule has 20 heavy (non-hydrogen) atoms. The molecular weight excluding hydrogens is 268 g/mol. The molecule has 0 aliphatic carbocycles. The van der Waals surface area contributed by atoms with Gasteiger partial charge in [-0.05, 0) is 32.4 Å². The lowest BCUT2D eigenvalue weighted by Crippen LogP contribution is -2.35. The molecular formula is C14H17F2NO3. The normalized spacial score (nSPS) is 11.1. The third-order valence-corrected chi connectivity index (χ3v) is 2.22. The van der Waals surface area contributed by atoms with Crippen molar-refractivity contribution in [2.24, 2.45) is 0 Å². The number of hydrogen-bond donors (Lipinski definition) is 1. The maximum Gasteiger partial charge on any atom is 0.325 e. The first-order chi connectivity index (χ1) is 9.17. The molecule has 1 rings (SSSR count). The number of nitrogens with one attached hydrogen (secondary N) is 1. The number of carbonyl (C=O) groups is 2. The summed E-state index contributed by atoms with van der Waals surface area (Å²) in [5.74, 6) is -2.62. The Labute approximate surface area is 116 Å². The van der Waals surface area contributed by atoms with E-state index in [4.69, 9.17) is 4.74 Å². The van der Waals surface area contributed by atoms with E-state index in [1.165, 1.54) is 6.07 Å². The van der Waals surface area contributed by atoms with Gasteiger partial charge >= 0.3 is 5.97 Å². The summed E-state index contributed by atoms with van der Waals surface area (Å²) in [4.78, 5) is 22.9. The molecule has 0 aliphatic rings. The number of amides is 1. The van der Waals surface area contributed by atoms with Crippen LogP contribution in [0.1, 0.15) is 26.3 Å². The van der Waals surface area contributed by atoms with Crippen molar-refractivity contribution < 1.29 is 23.1 Å². The minimum absolute atomic E-state index is 0.0630. The highest BCUT2D eigenvalue weighted by Crippen LogP contribution is 2.10. The van der Waals surface area contributed by atoms with E-state index >= 15 is 0 Å². The Morgan fingerprint density at radius 3 is 2.45 bits per heavy atom. The zero-order chi connectivity index (χ0) is 15.3. The van der Waals surface area contributed by atoms with Crippen LogP contribution in [-0.4, -0.2) is 24.0 Å². The molecule has 0 unspecified atom stereocenters. The predicted octanol–water partition coefficient (Wildman–Crippen LogP) is 1.97. The lowest BCUT2D eigenvalue weighted by atomic mass is 10.1. The molecule has 0 radical (unpaired) electrons. The molecule has 0 aliphatic heterocycles. The molecule has 0 spiro atoms. The summed E-state index contributed by atoms with van der Waals surface area (Å²) in [5, 5.41) is 2.32. The molecule has 0 aromatic heterocycles. The average molecular weight is 285 g/mol. The number of hydrogen-bond acceptors (Lipinski definition) is 3. The zero-order valence-corrected chi connectivity index (χ0v) is 11.6. The molecule has 0 saturated carbocycles. The van der Waals surface area contributed by atoms with Gasteiger partial charge in [-0.25, -0.2) is 8.78 Å². The summed E-state index contributed by atoms with van der Waals surface area (Å²) >= 11 is 0. The van der Waals surface area contributed by atoms with E-state index in [2.05, 4.69) is 5.32 Å². The minimum Gasteiger partial charge on any atom is -0.459 e. The average Bonchev–Trinajstić information content (AvgIpc) is 2.28. The minimum atomic E-state index is -0.794. The lowest BCUT2D eigenvalue weighted by molar-refractivity contribution is -0.154. The van der Waals surface area contributed by atoms with Crippen molar-refractivity contribution in [1.82, 2.24) is 5.32 Å². The molecule has 4 nitrogen and oxygen atoms in total. The van der Waals surface area contributed by atoms with E-state index in [1.54, 1.807) is 20.8 Å². The van der Waals surface area contributed by atoms with Gasteiger partial charge in [-0.3, -0.25) is 9.59 Å². The van der Waals surface area contributed by atoms with Crippen molar-refractivity contribution in [3.05, 3.63) is 35.4 Å². The van der Waals surface area contributed by atoms with Crippen molar-refractivity contribution in [3.8, 4) is 0 Å². The van der Waals surface area contributed by atoms with E-state index in [1.807, 2.05) is 0 Å². The number of carbonyl (C=O) groups excluding carboxylic acids is 2. The second kappa shape index (κ2) is 6.45. The fraction of sp³-hybridized carbons (Fsp3) is 0.429. The predicted molar refractivity (Wildman–Crippen MR) is 68.9 cm³/mol. The molecule has 1 aromatic rings. The standard InChI is InChI=1S/C14H17F2NO3/c1-14(2,3)20-13(19)8-17-12(18)6-9-4-5-10(15)7-11(9)16/h4-5,7H,6,8H2,1-3H3,(H,17,18). The number of ether oxygens (including phenoxy) is 1. The third-order valence-electron chi connectivity index (χ3n) is 2.22. The van der Waals surface area contributed by atoms with Crippen LogP contribution in [0.25, 0.3) is 0 Å². The van der Waals surface area contributed by atoms with Gasteiger partial charge in [-0.15, -0.1) is 0 Å². The number of benzene rings is 1. The van der Waals surface area contributed by atoms with Crippen LogP contribution < -0.4 is 5.32 Å². The fourth-order valence-corrected chi connectivity index (χ4v) is 1.45. The maximum atomic E-state index is 13.3. The zero-order valence-electron chi connectivity index (χ0n) is 11.6. The summed E-state index contributed by atoms with van der Waals surface area (Å²) in [6, 6.07) is 2.97. The van der Waals surface area contributed by atoms with E-state index in [-0.39, 0.29) is 18.5 Å². The van der Waals surface area contributed by atoms with Crippen molar-refractivity contribution in [1.29, 1.82) is 0 Å². The van der Waals surface area contributed by atoms with Crippen LogP contribution in [0.2, 0.25) is 0 Å². The van der Waals surface area contributed by atoms with Gasteiger partial charge in [0.15, 0.2) is 0 Å². The van der Waals surface area contributed by atoms with Gasteiger partial charge < -0.3 is 10.1 Å². The van der Waals surface area contributed by atoms with Gasteiger partial charge in [0.25, 0.3) is 0 Å². The molecule has 110 valence electrons. The van der Waals surface area contributed by atoms with Crippen LogP contribution in [0.15, 0.2) is 18.2 Å². The Balaban J connectivity index is 2.46. The van der Waals surface area contributed by atoms with Crippen LogP contribution in [0.5, 0.6) is 0 Å². The summed E-state index contributed by atoms with van der Waals surface area (Å²) < 4.78 is 31.0. The monoisotopic (exact) mass is 285 g/mol. The van der Waals surface area contributed by atoms with Gasteiger partial charge in [0, 0.05) is 6.07 Å². The molecule has 0 atom stereocenters. The van der Waals surface area contributed by atoms with Crippen molar-refractivity contribution in [2.75, 3.05) is 6.54 Å². The van der Waals surface area contributed by atoms with Gasteiger partial charge in [0.05, 0.1) is 6.42 Å². The summed E-state index contributed by atoms with van der Waals surface area (Å²) in [5.41, 5.74) is -0.571. The van der Waals surface area contributed by atoms with Crippen molar-refractivity contribution >= 4 is 11.9 Å². The van der Waals surface area contributed by atoms with E-state index in [9.17, 15) is 18.4 Å². The number of halogens is 2. The van der Waals surface area contributed by atoms with Gasteiger partial charge in [0.1, 0.15) is 23.8 Å². The highest BCUT2D eigenvalue weighted by molar-refractivity contribution is 5.83. The Kier molecular flexibility index (Phi) is 5.19. The Morgan fingerprint density at radius 2 is 1.90 bits per heavy atom. The lowest BCUT2D eigenvalue weighted by Gasteiger charge is -2.19. The first kappa shape index (κ1) is 16.1. The summed E-state index contributed by atoms with van der Waals surface area (Å²) in [6.45, 7) is 4.83. The summed E-state index contributed by atoms with van der Waals surface area (Å²) in [6.07, 6.45) is -0.269. The van der Waals surface area contributed by atoms with Crippen LogP contribution >= 0.6 is 0 Å². The largest absolute Gasteiger partial charge is 0.459 e. The first-order valence-corrected chi connectivity index (χ1v) is 6.10. The second-order valence-corrected chi connectivity index (χ2v) is 5.28. The van der Waals surface area contributed by atoms with Crippen LogP contribution in [-0.2, 0) is 20.7 Å². The highest BCUT2D eigenvalue weighted by atomic mass is 19.1. The quantitative estimate of drug-likeness (QED) is 0.860. The van der Waals surface area contributed by atoms with E-state index in [0.717, 1.165) is 6.07 Å². The van der Waals surface area contributed by atoms with Crippen molar-refractivity contribution in [2.45, 2.75) is 32.8 Å². The Morgan fingerprint density at radius 1 is 1.25 bits per heavy atom. The first-order valence-electron chi connectivity index (χ1n) is 6.10. The topological polar surface area (TPSA) is 55.4 Å². The third kappa shape index (κ3) is 5.77. The van der Waals surface area contributed by atoms with Gasteiger partial charge in [-0.2, -0.15) is 0 Å². The number of esters is 1. The van der Waals surface area contributed by atoms with Crippen LogP contribution in [0.3, 0.4) is 0 Å². The van der Waals surface area contributed by atoms with E-state index in [0.29, 0.717) is 6.07 Å². The van der Waals surface area contributed by atoms with Gasteiger partial charge in [0.2, 0.25) is 5.91 Å². The van der Waals surface area contributed by atoms with Gasteiger partial charge in [-0.1, -0.05) is 6.07 Å². The van der Waals surface area contributed by atoms with Crippen molar-refractivity contribution in [3.63, 3.8) is 0 Å². The van der Waals surface area contributed by atoms with E-state index < -0.39 is 29.1 Å². The molecule has 0 saturated heterocycles. The molecule has 1 aromatic carbocycles. The molecule has 0 bridgehead atoms. The Hall–Kier alpha value is -1.98. The highest BCUT2D eigenvalue weighted by Gasteiger charge is 2.17. The molecule has 1 amide bonds. The number of rotatable bonds is 4. The SMILES string of the molecule is CC(C)(C)OC(=O)CNC(=O)Cc1ccc(F)cc1F. The second-order valence-electron chi connectivity index (χ2n) is 5.28. The van der Waals surface area contributed by atoms with Crippen LogP contribution in [0.4, 0.5) is 8.78 Å². The smallest absolute Gasteiger partial charge is 0.325 e. The fourth-order valence-electron chi connectivity index (χ4n) is 1.45. The summed E-state index contributed by atoms with van der Waals surface area (Å²) in [7, 11) is 0. The maximum absolute atomic E-state index is 13.3. The van der Waals surface area contributed by atoms with Crippen LogP contribution in [0, 0.1) is 11.6 Å².